The van der Waals surface area contributed by atoms with Gasteiger partial charge in [-0.2, -0.15) is 5.26 Å². The molecule has 1 aliphatic carbocycles. The average Bonchev–Trinajstić information content (AvgIpc) is 3.01. The molecule has 2 aromatic heterocycles. The highest BCUT2D eigenvalue weighted by Gasteiger charge is 2.24. The molecule has 0 saturated carbocycles. The number of carbonyl (C=O) groups excluding carboxylic acids is 1. The Morgan fingerprint density at radius 1 is 1.59 bits per heavy atom. The van der Waals surface area contributed by atoms with E-state index in [9.17, 15) is 10.1 Å². The number of nitrogens with one attached hydrogen (secondary N) is 1. The molecule has 0 radical (unpaired) electrons. The van der Waals surface area contributed by atoms with Gasteiger partial charge < -0.3 is 5.32 Å². The van der Waals surface area contributed by atoms with Crippen molar-refractivity contribution >= 4 is 33.6 Å². The predicted octanol–water partition coefficient (Wildman–Crippen LogP) is 3.69. The number of nitrogens with zero attached hydrogens (tertiary/aromatic N) is 2. The molecule has 3 rings (SSSR count). The van der Waals surface area contributed by atoms with Crippen LogP contribution in [0.2, 0.25) is 0 Å². The molecule has 6 heteroatoms. The Morgan fingerprint density at radius 2 is 2.41 bits per heavy atom. The molecule has 4 nitrogen and oxygen atoms in total. The molecular formula is C16H17N3OS2. The van der Waals surface area contributed by atoms with Crippen molar-refractivity contribution in [3.63, 3.8) is 0 Å². The number of amides is 1. The van der Waals surface area contributed by atoms with Crippen LogP contribution in [0.3, 0.4) is 0 Å². The van der Waals surface area contributed by atoms with Gasteiger partial charge in [0.05, 0.1) is 22.7 Å². The lowest BCUT2D eigenvalue weighted by atomic mass is 9.89. The molecule has 1 amide bonds. The molecule has 114 valence electrons. The van der Waals surface area contributed by atoms with Crippen molar-refractivity contribution in [2.75, 3.05) is 5.32 Å². The molecule has 1 N–H and O–H groups in total. The zero-order valence-electron chi connectivity index (χ0n) is 12.6. The number of thiophene rings is 1. The molecule has 2 heterocycles. The monoisotopic (exact) mass is 331 g/mol. The fourth-order valence-corrected chi connectivity index (χ4v) is 4.77. The van der Waals surface area contributed by atoms with E-state index in [1.54, 1.807) is 22.7 Å². The van der Waals surface area contributed by atoms with E-state index >= 15 is 0 Å². The van der Waals surface area contributed by atoms with Gasteiger partial charge in [-0.1, -0.05) is 6.92 Å². The Labute approximate surface area is 137 Å². The summed E-state index contributed by atoms with van der Waals surface area (Å²) in [5.74, 6) is 0.549. The van der Waals surface area contributed by atoms with Gasteiger partial charge in [0.15, 0.2) is 0 Å². The van der Waals surface area contributed by atoms with Crippen molar-refractivity contribution in [3.05, 3.63) is 32.1 Å². The Balaban J connectivity index is 1.77. The lowest BCUT2D eigenvalue weighted by molar-refractivity contribution is -0.115. The fourth-order valence-electron chi connectivity index (χ4n) is 2.78. The SMILES string of the molecule is Cc1nc(CC(=O)Nc2sc3c(c2C#N)CC[C@H](C)C3)cs1. The van der Waals surface area contributed by atoms with Gasteiger partial charge in [0, 0.05) is 10.3 Å². The van der Waals surface area contributed by atoms with Crippen molar-refractivity contribution in [2.24, 2.45) is 5.92 Å². The van der Waals surface area contributed by atoms with E-state index in [0.29, 0.717) is 16.5 Å². The van der Waals surface area contributed by atoms with Crippen LogP contribution in [0.5, 0.6) is 0 Å². The van der Waals surface area contributed by atoms with Crippen LogP contribution >= 0.6 is 22.7 Å². The first-order valence-corrected chi connectivity index (χ1v) is 9.02. The predicted molar refractivity (Wildman–Crippen MR) is 89.4 cm³/mol. The normalized spacial score (nSPS) is 16.9. The zero-order valence-corrected chi connectivity index (χ0v) is 14.2. The number of nitriles is 1. The highest BCUT2D eigenvalue weighted by atomic mass is 32.1. The van der Waals surface area contributed by atoms with Gasteiger partial charge in [0.2, 0.25) is 5.91 Å². The largest absolute Gasteiger partial charge is 0.316 e. The highest BCUT2D eigenvalue weighted by Crippen LogP contribution is 2.39. The topological polar surface area (TPSA) is 65.8 Å². The third kappa shape index (κ3) is 3.06. The van der Waals surface area contributed by atoms with Gasteiger partial charge in [0.1, 0.15) is 11.1 Å². The number of thiazole rings is 1. The number of aromatic nitrogens is 1. The van der Waals surface area contributed by atoms with E-state index < -0.39 is 0 Å². The van der Waals surface area contributed by atoms with Crippen molar-refractivity contribution in [1.29, 1.82) is 5.26 Å². The number of anilines is 1. The van der Waals surface area contributed by atoms with Gasteiger partial charge in [-0.05, 0) is 37.7 Å². The van der Waals surface area contributed by atoms with Crippen LogP contribution in [0.15, 0.2) is 5.38 Å². The summed E-state index contributed by atoms with van der Waals surface area (Å²) in [6.45, 7) is 4.16. The van der Waals surface area contributed by atoms with Crippen LogP contribution in [-0.2, 0) is 24.1 Å². The fraction of sp³-hybridized carbons (Fsp3) is 0.438. The average molecular weight is 331 g/mol. The number of hydrogen-bond acceptors (Lipinski definition) is 5. The summed E-state index contributed by atoms with van der Waals surface area (Å²) in [6, 6.07) is 2.27. The summed E-state index contributed by atoms with van der Waals surface area (Å²) in [5, 5.41) is 15.9. The van der Waals surface area contributed by atoms with Crippen LogP contribution in [0, 0.1) is 24.2 Å². The number of hydrogen-bond donors (Lipinski definition) is 1. The zero-order chi connectivity index (χ0) is 15.7. The minimum Gasteiger partial charge on any atom is -0.316 e. The second-order valence-electron chi connectivity index (χ2n) is 5.75. The van der Waals surface area contributed by atoms with E-state index in [-0.39, 0.29) is 12.3 Å². The van der Waals surface area contributed by atoms with E-state index in [2.05, 4.69) is 23.3 Å². The summed E-state index contributed by atoms with van der Waals surface area (Å²) < 4.78 is 0. The molecule has 0 spiro atoms. The molecule has 0 aromatic carbocycles. The van der Waals surface area contributed by atoms with Crippen LogP contribution in [0.4, 0.5) is 5.00 Å². The van der Waals surface area contributed by atoms with Crippen molar-refractivity contribution < 1.29 is 4.79 Å². The Hall–Kier alpha value is -1.71. The van der Waals surface area contributed by atoms with Crippen LogP contribution < -0.4 is 5.32 Å². The molecule has 0 fully saturated rings. The first kappa shape index (κ1) is 15.2. The first-order valence-electron chi connectivity index (χ1n) is 7.32. The molecule has 22 heavy (non-hydrogen) atoms. The van der Waals surface area contributed by atoms with Gasteiger partial charge in [-0.3, -0.25) is 4.79 Å². The van der Waals surface area contributed by atoms with Crippen LogP contribution in [0.1, 0.15) is 40.1 Å². The van der Waals surface area contributed by atoms with Gasteiger partial charge >= 0.3 is 0 Å². The van der Waals surface area contributed by atoms with Gasteiger partial charge in [0.25, 0.3) is 0 Å². The molecule has 1 aliphatic rings. The standard InChI is InChI=1S/C16H17N3OS2/c1-9-3-4-12-13(7-17)16(22-14(12)5-9)19-15(20)6-11-8-21-10(2)18-11/h8-9H,3-6H2,1-2H3,(H,19,20)/t9-/m0/s1. The molecule has 2 aromatic rings. The quantitative estimate of drug-likeness (QED) is 0.933. The number of rotatable bonds is 3. The first-order chi connectivity index (χ1) is 10.6. The maximum atomic E-state index is 12.2. The van der Waals surface area contributed by atoms with E-state index in [1.165, 1.54) is 4.88 Å². The van der Waals surface area contributed by atoms with Crippen LogP contribution in [0.25, 0.3) is 0 Å². The molecule has 0 bridgehead atoms. The molecule has 0 unspecified atom stereocenters. The van der Waals surface area contributed by atoms with Gasteiger partial charge in [-0.25, -0.2) is 4.98 Å². The van der Waals surface area contributed by atoms with E-state index in [0.717, 1.165) is 35.5 Å². The van der Waals surface area contributed by atoms with Crippen molar-refractivity contribution in [1.82, 2.24) is 4.98 Å². The smallest absolute Gasteiger partial charge is 0.231 e. The number of carbonyl (C=O) groups is 1. The van der Waals surface area contributed by atoms with E-state index in [1.807, 2.05) is 12.3 Å². The third-order valence-corrected chi connectivity index (χ3v) is 5.88. The Kier molecular flexibility index (Phi) is 4.27. The summed E-state index contributed by atoms with van der Waals surface area (Å²) in [4.78, 5) is 17.8. The maximum absolute atomic E-state index is 12.2. The summed E-state index contributed by atoms with van der Waals surface area (Å²) >= 11 is 3.10. The van der Waals surface area contributed by atoms with E-state index in [4.69, 9.17) is 0 Å². The summed E-state index contributed by atoms with van der Waals surface area (Å²) in [5.41, 5.74) is 2.59. The Morgan fingerprint density at radius 3 is 3.09 bits per heavy atom. The number of aryl methyl sites for hydroxylation is 1. The second kappa shape index (κ2) is 6.19. The minimum atomic E-state index is -0.103. The van der Waals surface area contributed by atoms with Crippen molar-refractivity contribution in [3.8, 4) is 6.07 Å². The lowest BCUT2D eigenvalue weighted by Gasteiger charge is -2.17. The Bertz CT molecular complexity index is 754. The molecular weight excluding hydrogens is 314 g/mol. The molecule has 0 aliphatic heterocycles. The number of fused-ring (bicyclic) bond motifs is 1. The van der Waals surface area contributed by atoms with Crippen LogP contribution in [-0.4, -0.2) is 10.9 Å². The maximum Gasteiger partial charge on any atom is 0.231 e. The second-order valence-corrected chi connectivity index (χ2v) is 7.92. The molecule has 0 saturated heterocycles. The van der Waals surface area contributed by atoms with Gasteiger partial charge in [-0.15, -0.1) is 22.7 Å². The minimum absolute atomic E-state index is 0.103. The third-order valence-electron chi connectivity index (χ3n) is 3.88. The molecule has 1 atom stereocenters. The lowest BCUT2D eigenvalue weighted by Crippen LogP contribution is -2.14. The summed E-state index contributed by atoms with van der Waals surface area (Å²) in [6.07, 6.45) is 3.32. The highest BCUT2D eigenvalue weighted by molar-refractivity contribution is 7.16. The summed E-state index contributed by atoms with van der Waals surface area (Å²) in [7, 11) is 0. The van der Waals surface area contributed by atoms with Crippen molar-refractivity contribution in [2.45, 2.75) is 39.5 Å².